The van der Waals surface area contributed by atoms with Gasteiger partial charge in [-0.15, -0.1) is 0 Å². The van der Waals surface area contributed by atoms with Gasteiger partial charge in [-0.2, -0.15) is 10.4 Å². The van der Waals surface area contributed by atoms with Crippen LogP contribution in [0.5, 0.6) is 0 Å². The van der Waals surface area contributed by atoms with Crippen molar-refractivity contribution in [3.05, 3.63) is 50.9 Å². The fourth-order valence-electron chi connectivity index (χ4n) is 7.47. The lowest BCUT2D eigenvalue weighted by Gasteiger charge is -2.52. The number of hydrogen-bond donors (Lipinski definition) is 0. The molecule has 2 fully saturated rings. The van der Waals surface area contributed by atoms with Crippen LogP contribution in [0.25, 0.3) is 32.9 Å². The summed E-state index contributed by atoms with van der Waals surface area (Å²) in [5.74, 6) is 5.15. The number of piperidine rings is 1. The molecule has 3 aliphatic rings. The zero-order valence-corrected chi connectivity index (χ0v) is 29.0. The topological polar surface area (TPSA) is 93.7 Å². The number of carbonyl (C=O) groups excluding carboxylic acids is 1. The maximum atomic E-state index is 17.2. The molecular weight excluding hydrogens is 650 g/mol. The van der Waals surface area contributed by atoms with E-state index in [4.69, 9.17) is 33.3 Å². The molecule has 9 nitrogen and oxygen atoms in total. The van der Waals surface area contributed by atoms with E-state index in [-0.39, 0.29) is 46.1 Å². The Balaban J connectivity index is 1.43. The second-order valence-corrected chi connectivity index (χ2v) is 14.3. The van der Waals surface area contributed by atoms with Gasteiger partial charge in [-0.3, -0.25) is 14.5 Å². The number of aliphatic imine (C=N–C) groups is 1. The van der Waals surface area contributed by atoms with E-state index in [1.807, 2.05) is 17.7 Å². The van der Waals surface area contributed by atoms with E-state index in [1.54, 1.807) is 30.3 Å². The van der Waals surface area contributed by atoms with E-state index in [2.05, 4.69) is 53.7 Å². The van der Waals surface area contributed by atoms with Crippen LogP contribution in [0.15, 0.2) is 23.3 Å². The Bertz CT molecular complexity index is 2150. The highest BCUT2D eigenvalue weighted by Crippen LogP contribution is 2.46. The Morgan fingerprint density at radius 1 is 1.19 bits per heavy atom. The Hall–Kier alpha value is -4.22. The highest BCUT2D eigenvalue weighted by Gasteiger charge is 2.43. The summed E-state index contributed by atoms with van der Waals surface area (Å²) in [6.07, 6.45) is 4.83. The fourth-order valence-corrected chi connectivity index (χ4v) is 7.98. The third-order valence-electron chi connectivity index (χ3n) is 10.4. The molecule has 0 bridgehead atoms. The van der Waals surface area contributed by atoms with E-state index in [0.29, 0.717) is 60.8 Å². The third kappa shape index (κ3) is 5.01. The van der Waals surface area contributed by atoms with Gasteiger partial charge in [0, 0.05) is 53.4 Å². The summed E-state index contributed by atoms with van der Waals surface area (Å²) >= 11 is 13.7. The first kappa shape index (κ1) is 32.3. The van der Waals surface area contributed by atoms with Gasteiger partial charge in [0.05, 0.1) is 52.7 Å². The molecule has 4 aromatic rings. The number of anilines is 1. The number of fused-ring (bicyclic) bond motifs is 4. The van der Waals surface area contributed by atoms with E-state index >= 15 is 4.39 Å². The van der Waals surface area contributed by atoms with Crippen molar-refractivity contribution in [3.63, 3.8) is 0 Å². The number of halogens is 3. The number of carbonyl (C=O) groups is 1. The molecule has 7 rings (SSSR count). The summed E-state index contributed by atoms with van der Waals surface area (Å²) in [6.45, 7) is 8.00. The molecule has 48 heavy (non-hydrogen) atoms. The number of likely N-dealkylation sites (tertiary alicyclic amines) is 1. The Labute approximate surface area is 288 Å². The Morgan fingerprint density at radius 2 is 1.96 bits per heavy atom. The standard InChI is InChI=1S/C36H35Cl2FN8O/c1-6-7-29(48)46-11-9-23(13-22(46)8-10-40)47-34-24-14-28(38)31(30-20(2)27(37)12-21-15-41-16-25(21)30)32(39)33(24)43-35(26(34)17-42-47)45-18-36(3,19-45)44(4)5/h12,14,16-17,22-23H,8-9,11,13,15,18-19H2,1-5H3/t22-,23+/m1/s1. The monoisotopic (exact) mass is 684 g/mol. The van der Waals surface area contributed by atoms with Crippen LogP contribution in [0.1, 0.15) is 55.8 Å². The van der Waals surface area contributed by atoms with Gasteiger partial charge in [0.1, 0.15) is 11.3 Å². The molecule has 0 unspecified atom stereocenters. The van der Waals surface area contributed by atoms with Gasteiger partial charge in [-0.1, -0.05) is 29.1 Å². The quantitative estimate of drug-likeness (QED) is 0.222. The number of rotatable bonds is 5. The van der Waals surface area contributed by atoms with Crippen LogP contribution in [0.2, 0.25) is 10.0 Å². The fraction of sp³-hybridized carbons (Fsp3) is 0.417. The summed E-state index contributed by atoms with van der Waals surface area (Å²) in [7, 11) is 4.12. The molecule has 12 heteroatoms. The molecule has 2 atom stereocenters. The minimum atomic E-state index is -0.530. The van der Waals surface area contributed by atoms with Crippen LogP contribution in [0, 0.1) is 35.9 Å². The zero-order chi connectivity index (χ0) is 34.1. The lowest BCUT2D eigenvalue weighted by Crippen LogP contribution is -2.67. The molecule has 2 aromatic heterocycles. The largest absolute Gasteiger partial charge is 0.352 e. The van der Waals surface area contributed by atoms with E-state index in [9.17, 15) is 10.1 Å². The number of amides is 1. The van der Waals surface area contributed by atoms with Gasteiger partial charge >= 0.3 is 0 Å². The molecular formula is C36H35Cl2FN8O. The second-order valence-electron chi connectivity index (χ2n) is 13.4. The average molecular weight is 686 g/mol. The highest BCUT2D eigenvalue weighted by atomic mass is 35.5. The lowest BCUT2D eigenvalue weighted by atomic mass is 9.90. The number of likely N-dealkylation sites (N-methyl/N-ethyl adjacent to an activating group) is 1. The number of aromatic nitrogens is 3. The average Bonchev–Trinajstić information content (AvgIpc) is 3.69. The SMILES string of the molecule is CC#CC(=O)N1CC[C@H](n2ncc3c(N4CC(C)(N(C)C)C4)nc4c(F)c(-c5c(C)c(Cl)cc6c5C=NC6)c(Cl)cc4c32)C[C@H]1CC#N. The van der Waals surface area contributed by atoms with Crippen LogP contribution in [-0.2, 0) is 11.3 Å². The number of hydrogen-bond acceptors (Lipinski definition) is 7. The first-order valence-corrected chi connectivity index (χ1v) is 16.8. The predicted molar refractivity (Wildman–Crippen MR) is 188 cm³/mol. The number of nitriles is 1. The number of benzene rings is 2. The van der Waals surface area contributed by atoms with Crippen LogP contribution in [0.4, 0.5) is 10.2 Å². The summed E-state index contributed by atoms with van der Waals surface area (Å²) in [5, 5.41) is 16.6. The van der Waals surface area contributed by atoms with E-state index in [1.165, 1.54) is 0 Å². The van der Waals surface area contributed by atoms with Crippen LogP contribution in [0.3, 0.4) is 0 Å². The zero-order valence-electron chi connectivity index (χ0n) is 27.5. The smallest absolute Gasteiger partial charge is 0.298 e. The summed E-state index contributed by atoms with van der Waals surface area (Å²) in [5.41, 5.74) is 4.18. The molecule has 1 amide bonds. The molecule has 246 valence electrons. The molecule has 3 aliphatic heterocycles. The maximum absolute atomic E-state index is 17.2. The Morgan fingerprint density at radius 3 is 2.67 bits per heavy atom. The molecule has 2 saturated heterocycles. The highest BCUT2D eigenvalue weighted by molar-refractivity contribution is 6.36. The van der Waals surface area contributed by atoms with Crippen LogP contribution >= 0.6 is 23.2 Å². The summed E-state index contributed by atoms with van der Waals surface area (Å²) < 4.78 is 19.2. The van der Waals surface area contributed by atoms with Crippen molar-refractivity contribution in [1.82, 2.24) is 24.6 Å². The first-order chi connectivity index (χ1) is 23.0. The van der Waals surface area contributed by atoms with Gasteiger partial charge < -0.3 is 14.7 Å². The van der Waals surface area contributed by atoms with Gasteiger partial charge in [0.2, 0.25) is 0 Å². The number of nitrogens with zero attached hydrogens (tertiary/aromatic N) is 8. The third-order valence-corrected chi connectivity index (χ3v) is 11.1. The molecule has 2 aromatic carbocycles. The summed E-state index contributed by atoms with van der Waals surface area (Å²) in [4.78, 5) is 28.3. The first-order valence-electron chi connectivity index (χ1n) is 16.0. The maximum Gasteiger partial charge on any atom is 0.298 e. The van der Waals surface area contributed by atoms with Crippen LogP contribution < -0.4 is 4.90 Å². The minimum Gasteiger partial charge on any atom is -0.352 e. The molecule has 0 spiro atoms. The normalized spacial score (nSPS) is 19.8. The summed E-state index contributed by atoms with van der Waals surface area (Å²) in [6, 6.07) is 5.42. The molecule has 5 heterocycles. The lowest BCUT2D eigenvalue weighted by molar-refractivity contribution is -0.129. The van der Waals surface area contributed by atoms with Crippen molar-refractivity contribution < 1.29 is 9.18 Å². The van der Waals surface area contributed by atoms with Gasteiger partial charge in [0.15, 0.2) is 5.82 Å². The van der Waals surface area contributed by atoms with Crippen molar-refractivity contribution in [3.8, 4) is 29.0 Å². The van der Waals surface area contributed by atoms with Crippen LogP contribution in [-0.4, -0.2) is 82.0 Å². The van der Waals surface area contributed by atoms with Crippen molar-refractivity contribution >= 4 is 62.9 Å². The van der Waals surface area contributed by atoms with Gasteiger partial charge in [0.25, 0.3) is 5.91 Å². The van der Waals surface area contributed by atoms with E-state index in [0.717, 1.165) is 27.6 Å². The van der Waals surface area contributed by atoms with Gasteiger partial charge in [-0.05, 0) is 82.5 Å². The Kier molecular flexibility index (Phi) is 8.10. The van der Waals surface area contributed by atoms with Gasteiger partial charge in [-0.25, -0.2) is 9.37 Å². The molecule has 0 N–H and O–H groups in total. The number of pyridine rings is 1. The van der Waals surface area contributed by atoms with Crippen molar-refractivity contribution in [2.75, 3.05) is 38.6 Å². The molecule has 0 saturated carbocycles. The predicted octanol–water partition coefficient (Wildman–Crippen LogP) is 6.55. The van der Waals surface area contributed by atoms with Crippen molar-refractivity contribution in [2.24, 2.45) is 4.99 Å². The minimum absolute atomic E-state index is 0.0638. The molecule has 0 radical (unpaired) electrons. The molecule has 0 aliphatic carbocycles. The van der Waals surface area contributed by atoms with E-state index < -0.39 is 5.82 Å². The second kappa shape index (κ2) is 12.0. The van der Waals surface area contributed by atoms with Crippen molar-refractivity contribution in [2.45, 2.75) is 64.2 Å². The van der Waals surface area contributed by atoms with Crippen molar-refractivity contribution in [1.29, 1.82) is 5.26 Å².